The summed E-state index contributed by atoms with van der Waals surface area (Å²) in [4.78, 5) is 24.5. The lowest BCUT2D eigenvalue weighted by Crippen LogP contribution is -2.49. The highest BCUT2D eigenvalue weighted by atomic mass is 32.2. The van der Waals surface area contributed by atoms with Gasteiger partial charge in [-0.15, -0.1) is 0 Å². The maximum atomic E-state index is 12.5. The Balaban J connectivity index is 2.21. The Morgan fingerprint density at radius 2 is 1.77 bits per heavy atom. The maximum Gasteiger partial charge on any atom is 0.264 e. The molecular formula is C22H27N3O5S. The van der Waals surface area contributed by atoms with Crippen LogP contribution in [-0.2, 0) is 27.6 Å². The van der Waals surface area contributed by atoms with Crippen molar-refractivity contribution in [3.05, 3.63) is 58.5 Å². The predicted molar refractivity (Wildman–Crippen MR) is 117 cm³/mol. The van der Waals surface area contributed by atoms with E-state index in [1.807, 2.05) is 38.1 Å². The van der Waals surface area contributed by atoms with Crippen molar-refractivity contribution >= 4 is 15.7 Å². The highest BCUT2D eigenvalue weighted by Gasteiger charge is 2.43. The number of sulfone groups is 1. The van der Waals surface area contributed by atoms with Crippen LogP contribution in [0.5, 0.6) is 0 Å². The normalized spacial score (nSPS) is 13.8. The summed E-state index contributed by atoms with van der Waals surface area (Å²) in [7, 11) is -3.84. The van der Waals surface area contributed by atoms with E-state index >= 15 is 0 Å². The number of amides is 1. The summed E-state index contributed by atoms with van der Waals surface area (Å²) in [6.45, 7) is 4.94. The van der Waals surface area contributed by atoms with Gasteiger partial charge in [-0.2, -0.15) is 5.26 Å². The van der Waals surface area contributed by atoms with Gasteiger partial charge in [0.05, 0.1) is 11.5 Å². The maximum absolute atomic E-state index is 12.5. The standard InChI is InChI=1S/C22H27N3O5S/c1-21(2,15-23)14-16-5-7-17(8-6-16)18-9-11-25(19(26)13-18)12-10-22(3,20(27)24-28)31(4,29)30/h5-9,11,13,28H,10,12,14H2,1-4H3,(H,24,27)/t22-/m1/s1. The van der Waals surface area contributed by atoms with Crippen molar-refractivity contribution in [2.45, 2.75) is 44.9 Å². The molecule has 2 N–H and O–H groups in total. The SMILES string of the molecule is CC(C)(C#N)Cc1ccc(-c2ccn(CC[C@](C)(C(=O)NO)S(C)(=O)=O)c(=O)c2)cc1. The van der Waals surface area contributed by atoms with Crippen LogP contribution in [0.2, 0.25) is 0 Å². The molecule has 2 rings (SSSR count). The van der Waals surface area contributed by atoms with E-state index in [2.05, 4.69) is 6.07 Å². The van der Waals surface area contributed by atoms with Crippen LogP contribution >= 0.6 is 0 Å². The average molecular weight is 446 g/mol. The number of rotatable bonds is 8. The quantitative estimate of drug-likeness (QED) is 0.474. The number of hydrogen-bond donors (Lipinski definition) is 2. The molecule has 1 heterocycles. The first-order valence-corrected chi connectivity index (χ1v) is 11.6. The van der Waals surface area contributed by atoms with Crippen LogP contribution in [0.15, 0.2) is 47.4 Å². The molecule has 1 aromatic heterocycles. The topological polar surface area (TPSA) is 129 Å². The number of carbonyl (C=O) groups excluding carboxylic acids is 1. The second-order valence-electron chi connectivity index (χ2n) is 8.51. The van der Waals surface area contributed by atoms with Gasteiger partial charge in [-0.05, 0) is 56.4 Å². The molecule has 0 radical (unpaired) electrons. The van der Waals surface area contributed by atoms with Crippen molar-refractivity contribution in [3.8, 4) is 17.2 Å². The van der Waals surface area contributed by atoms with Crippen LogP contribution in [-0.4, -0.2) is 35.1 Å². The minimum absolute atomic E-state index is 0.0156. The first kappa shape index (κ1) is 24.3. The minimum Gasteiger partial charge on any atom is -0.315 e. The number of hydrogen-bond acceptors (Lipinski definition) is 6. The van der Waals surface area contributed by atoms with Crippen molar-refractivity contribution in [3.63, 3.8) is 0 Å². The van der Waals surface area contributed by atoms with Gasteiger partial charge in [-0.1, -0.05) is 24.3 Å². The highest BCUT2D eigenvalue weighted by molar-refractivity contribution is 7.92. The Kier molecular flexibility index (Phi) is 7.09. The number of carbonyl (C=O) groups is 1. The van der Waals surface area contributed by atoms with Gasteiger partial charge in [-0.25, -0.2) is 13.9 Å². The molecule has 0 aliphatic rings. The summed E-state index contributed by atoms with van der Waals surface area (Å²) in [5, 5.41) is 18.1. The number of aryl methyl sites for hydroxylation is 1. The lowest BCUT2D eigenvalue weighted by molar-refractivity contribution is -0.131. The van der Waals surface area contributed by atoms with E-state index in [1.165, 1.54) is 23.0 Å². The zero-order chi connectivity index (χ0) is 23.4. The summed E-state index contributed by atoms with van der Waals surface area (Å²) in [6, 6.07) is 13.1. The summed E-state index contributed by atoms with van der Waals surface area (Å²) < 4.78 is 23.6. The van der Waals surface area contributed by atoms with Gasteiger partial charge < -0.3 is 4.57 Å². The molecule has 2 aromatic rings. The van der Waals surface area contributed by atoms with Gasteiger partial charge in [0.15, 0.2) is 14.6 Å². The fourth-order valence-electron chi connectivity index (χ4n) is 3.16. The second kappa shape index (κ2) is 9.04. The molecule has 1 amide bonds. The Morgan fingerprint density at radius 1 is 1.16 bits per heavy atom. The number of pyridine rings is 1. The fraction of sp³-hybridized carbons (Fsp3) is 0.409. The molecule has 0 spiro atoms. The third-order valence-electron chi connectivity index (χ3n) is 5.46. The van der Waals surface area contributed by atoms with Crippen LogP contribution in [0.4, 0.5) is 0 Å². The molecule has 1 atom stereocenters. The number of nitrogens with zero attached hydrogens (tertiary/aromatic N) is 2. The molecular weight excluding hydrogens is 418 g/mol. The molecule has 0 unspecified atom stereocenters. The number of nitriles is 1. The summed E-state index contributed by atoms with van der Waals surface area (Å²) in [6.07, 6.45) is 2.90. The Hall–Kier alpha value is -2.96. The molecule has 0 saturated carbocycles. The number of aromatic nitrogens is 1. The number of nitrogens with one attached hydrogen (secondary N) is 1. The molecule has 31 heavy (non-hydrogen) atoms. The largest absolute Gasteiger partial charge is 0.315 e. The molecule has 1 aromatic carbocycles. The van der Waals surface area contributed by atoms with E-state index in [0.717, 1.165) is 17.4 Å². The third-order valence-corrected chi connectivity index (χ3v) is 7.49. The van der Waals surface area contributed by atoms with E-state index in [-0.39, 0.29) is 18.5 Å². The lowest BCUT2D eigenvalue weighted by atomic mass is 9.87. The van der Waals surface area contributed by atoms with E-state index < -0.39 is 25.9 Å². The Bertz CT molecular complexity index is 1160. The molecule has 0 fully saturated rings. The predicted octanol–water partition coefficient (Wildman–Crippen LogP) is 2.31. The first-order chi connectivity index (χ1) is 14.3. The second-order valence-corrected chi connectivity index (χ2v) is 11.0. The van der Waals surface area contributed by atoms with Crippen LogP contribution in [0.25, 0.3) is 11.1 Å². The van der Waals surface area contributed by atoms with Gasteiger partial charge in [-0.3, -0.25) is 14.8 Å². The van der Waals surface area contributed by atoms with Gasteiger partial charge in [0.25, 0.3) is 11.5 Å². The molecule has 9 heteroatoms. The Morgan fingerprint density at radius 3 is 2.26 bits per heavy atom. The molecule has 0 aliphatic carbocycles. The molecule has 8 nitrogen and oxygen atoms in total. The Labute approximate surface area is 182 Å². The lowest BCUT2D eigenvalue weighted by Gasteiger charge is -2.25. The van der Waals surface area contributed by atoms with Crippen molar-refractivity contribution in [1.29, 1.82) is 5.26 Å². The zero-order valence-corrected chi connectivity index (χ0v) is 18.9. The van der Waals surface area contributed by atoms with Crippen LogP contribution < -0.4 is 11.0 Å². The van der Waals surface area contributed by atoms with Crippen molar-refractivity contribution in [2.24, 2.45) is 5.41 Å². The van der Waals surface area contributed by atoms with Gasteiger partial charge in [0.2, 0.25) is 0 Å². The van der Waals surface area contributed by atoms with E-state index in [4.69, 9.17) is 5.21 Å². The average Bonchev–Trinajstić information content (AvgIpc) is 2.71. The molecule has 166 valence electrons. The van der Waals surface area contributed by atoms with E-state index in [1.54, 1.807) is 12.3 Å². The molecule has 0 aliphatic heterocycles. The van der Waals surface area contributed by atoms with Gasteiger partial charge in [0, 0.05) is 25.1 Å². The monoisotopic (exact) mass is 445 g/mol. The highest BCUT2D eigenvalue weighted by Crippen LogP contribution is 2.24. The first-order valence-electron chi connectivity index (χ1n) is 9.68. The summed E-state index contributed by atoms with van der Waals surface area (Å²) in [5.74, 6) is -1.04. The number of hydroxylamine groups is 1. The molecule has 0 bridgehead atoms. The number of benzene rings is 1. The van der Waals surface area contributed by atoms with Gasteiger partial charge in [0.1, 0.15) is 0 Å². The molecule has 0 saturated heterocycles. The zero-order valence-electron chi connectivity index (χ0n) is 18.0. The minimum atomic E-state index is -3.84. The smallest absolute Gasteiger partial charge is 0.264 e. The summed E-state index contributed by atoms with van der Waals surface area (Å²) in [5.41, 5.74) is 3.15. The van der Waals surface area contributed by atoms with Crippen molar-refractivity contribution < 1.29 is 18.4 Å². The van der Waals surface area contributed by atoms with Crippen LogP contribution in [0.1, 0.15) is 32.8 Å². The van der Waals surface area contributed by atoms with Crippen molar-refractivity contribution in [1.82, 2.24) is 10.0 Å². The van der Waals surface area contributed by atoms with E-state index in [9.17, 15) is 23.3 Å². The van der Waals surface area contributed by atoms with Gasteiger partial charge >= 0.3 is 0 Å². The van der Waals surface area contributed by atoms with E-state index in [0.29, 0.717) is 12.0 Å². The van der Waals surface area contributed by atoms with Crippen molar-refractivity contribution in [2.75, 3.05) is 6.26 Å². The summed E-state index contributed by atoms with van der Waals surface area (Å²) >= 11 is 0. The fourth-order valence-corrected chi connectivity index (χ4v) is 4.00. The van der Waals surface area contributed by atoms with Crippen LogP contribution in [0.3, 0.4) is 0 Å². The van der Waals surface area contributed by atoms with Crippen LogP contribution in [0, 0.1) is 16.7 Å². The third kappa shape index (κ3) is 5.60.